The highest BCUT2D eigenvalue weighted by molar-refractivity contribution is 6.30. The van der Waals surface area contributed by atoms with E-state index in [0.29, 0.717) is 37.0 Å². The minimum absolute atomic E-state index is 0.0722. The molecular formula is C29H27ClN4O5. The number of carbonyl (C=O) groups is 2. The van der Waals surface area contributed by atoms with Gasteiger partial charge in [-0.15, -0.1) is 0 Å². The van der Waals surface area contributed by atoms with Crippen LogP contribution in [0.15, 0.2) is 77.7 Å². The van der Waals surface area contributed by atoms with Crippen LogP contribution in [-0.2, 0) is 22.6 Å². The predicted molar refractivity (Wildman–Crippen MR) is 148 cm³/mol. The van der Waals surface area contributed by atoms with Crippen LogP contribution >= 0.6 is 11.6 Å². The van der Waals surface area contributed by atoms with Gasteiger partial charge >= 0.3 is 5.56 Å². The summed E-state index contributed by atoms with van der Waals surface area (Å²) in [5.74, 6) is -1.05. The third-order valence-corrected chi connectivity index (χ3v) is 6.60. The molecule has 0 spiro atoms. The molecule has 0 atom stereocenters. The molecule has 2 aromatic heterocycles. The minimum atomic E-state index is -0.667. The smallest absolute Gasteiger partial charge is 0.301 e. The standard InChI is InChI=1S/C29H27ClN4O5/c30-22-8-6-20(7-9-22)16-24(35)17-31-28(36)26-27(39-19-21-4-2-1-3-5-21)29(37)34-18-23(10-11-25(34)32-26)33-12-14-38-15-13-33/h1-11,18H,12-17,19H2,(H,31,36). The van der Waals surface area contributed by atoms with Crippen molar-refractivity contribution >= 4 is 34.6 Å². The molecule has 1 amide bonds. The number of benzene rings is 2. The summed E-state index contributed by atoms with van der Waals surface area (Å²) in [7, 11) is 0. The number of halogens is 1. The fourth-order valence-corrected chi connectivity index (χ4v) is 4.41. The molecule has 1 fully saturated rings. The zero-order valence-corrected chi connectivity index (χ0v) is 21.9. The summed E-state index contributed by atoms with van der Waals surface area (Å²) in [4.78, 5) is 45.9. The summed E-state index contributed by atoms with van der Waals surface area (Å²) in [6.45, 7) is 2.46. The number of morpholine rings is 1. The number of pyridine rings is 1. The van der Waals surface area contributed by atoms with Crippen LogP contribution in [0, 0.1) is 0 Å². The van der Waals surface area contributed by atoms with E-state index in [4.69, 9.17) is 21.1 Å². The molecule has 200 valence electrons. The summed E-state index contributed by atoms with van der Waals surface area (Å²) >= 11 is 5.91. The SMILES string of the molecule is O=C(CNC(=O)c1nc2ccc(N3CCOCC3)cn2c(=O)c1OCc1ccccc1)Cc1ccc(Cl)cc1. The number of nitrogens with zero attached hydrogens (tertiary/aromatic N) is 3. The Labute approximate surface area is 229 Å². The van der Waals surface area contributed by atoms with Crippen LogP contribution in [0.1, 0.15) is 21.6 Å². The van der Waals surface area contributed by atoms with E-state index in [-0.39, 0.29) is 36.8 Å². The molecule has 0 aliphatic carbocycles. The van der Waals surface area contributed by atoms with Crippen LogP contribution in [0.2, 0.25) is 5.02 Å². The second kappa shape index (κ2) is 12.1. The van der Waals surface area contributed by atoms with Crippen LogP contribution in [0.5, 0.6) is 5.75 Å². The van der Waals surface area contributed by atoms with Crippen LogP contribution in [0.3, 0.4) is 0 Å². The number of ether oxygens (including phenoxy) is 2. The number of Topliss-reactive ketones (excluding diaryl/α,β-unsaturated/α-hetero) is 1. The van der Waals surface area contributed by atoms with Crippen molar-refractivity contribution in [1.82, 2.24) is 14.7 Å². The first-order valence-corrected chi connectivity index (χ1v) is 13.0. The lowest BCUT2D eigenvalue weighted by atomic mass is 10.1. The largest absolute Gasteiger partial charge is 0.481 e. The first-order chi connectivity index (χ1) is 19.0. The number of carbonyl (C=O) groups excluding carboxylic acids is 2. The molecule has 5 rings (SSSR count). The van der Waals surface area contributed by atoms with E-state index in [9.17, 15) is 14.4 Å². The van der Waals surface area contributed by atoms with Gasteiger partial charge in [-0.25, -0.2) is 4.98 Å². The van der Waals surface area contributed by atoms with E-state index >= 15 is 0 Å². The lowest BCUT2D eigenvalue weighted by molar-refractivity contribution is -0.117. The maximum atomic E-state index is 13.6. The Morgan fingerprint density at radius 2 is 1.72 bits per heavy atom. The Hall–Kier alpha value is -4.21. The fraction of sp³-hybridized carbons (Fsp3) is 0.241. The zero-order chi connectivity index (χ0) is 27.2. The molecule has 10 heteroatoms. The Balaban J connectivity index is 1.41. The molecule has 0 bridgehead atoms. The quantitative estimate of drug-likeness (QED) is 0.343. The number of hydrogen-bond donors (Lipinski definition) is 1. The summed E-state index contributed by atoms with van der Waals surface area (Å²) < 4.78 is 12.7. The Bertz CT molecular complexity index is 1530. The normalized spacial score (nSPS) is 13.3. The van der Waals surface area contributed by atoms with Crippen LogP contribution < -0.4 is 20.5 Å². The first-order valence-electron chi connectivity index (χ1n) is 12.6. The predicted octanol–water partition coefficient (Wildman–Crippen LogP) is 3.31. The van der Waals surface area contributed by atoms with Crippen molar-refractivity contribution in [3.63, 3.8) is 0 Å². The average molecular weight is 547 g/mol. The molecule has 4 aromatic rings. The van der Waals surface area contributed by atoms with Gasteiger partial charge in [-0.05, 0) is 35.4 Å². The highest BCUT2D eigenvalue weighted by Crippen LogP contribution is 2.20. The maximum Gasteiger partial charge on any atom is 0.301 e. The maximum absolute atomic E-state index is 13.6. The van der Waals surface area contributed by atoms with Crippen molar-refractivity contribution in [2.24, 2.45) is 0 Å². The van der Waals surface area contributed by atoms with Crippen molar-refractivity contribution in [2.45, 2.75) is 13.0 Å². The number of fused-ring (bicyclic) bond motifs is 1. The van der Waals surface area contributed by atoms with Gasteiger partial charge in [-0.3, -0.25) is 18.8 Å². The molecule has 1 aliphatic rings. The first kappa shape index (κ1) is 26.4. The average Bonchev–Trinajstić information content (AvgIpc) is 2.97. The molecule has 1 saturated heterocycles. The monoisotopic (exact) mass is 546 g/mol. The Morgan fingerprint density at radius 1 is 0.974 bits per heavy atom. The molecule has 3 heterocycles. The number of ketones is 1. The van der Waals surface area contributed by atoms with Gasteiger partial charge in [-0.1, -0.05) is 54.1 Å². The van der Waals surface area contributed by atoms with Crippen LogP contribution in [-0.4, -0.2) is 53.9 Å². The summed E-state index contributed by atoms with van der Waals surface area (Å²) in [5, 5.41) is 3.17. The molecular weight excluding hydrogens is 520 g/mol. The number of aromatic nitrogens is 2. The van der Waals surface area contributed by atoms with E-state index in [1.54, 1.807) is 36.5 Å². The molecule has 39 heavy (non-hydrogen) atoms. The van der Waals surface area contributed by atoms with Gasteiger partial charge < -0.3 is 19.7 Å². The zero-order valence-electron chi connectivity index (χ0n) is 21.1. The van der Waals surface area contributed by atoms with Gasteiger partial charge in [-0.2, -0.15) is 0 Å². The van der Waals surface area contributed by atoms with Crippen molar-refractivity contribution in [3.05, 3.63) is 105 Å². The molecule has 9 nitrogen and oxygen atoms in total. The van der Waals surface area contributed by atoms with Gasteiger partial charge in [0.05, 0.1) is 25.4 Å². The van der Waals surface area contributed by atoms with Crippen molar-refractivity contribution < 1.29 is 19.1 Å². The number of hydrogen-bond acceptors (Lipinski definition) is 7. The summed E-state index contributed by atoms with van der Waals surface area (Å²) in [5.41, 5.74) is 2.06. The lowest BCUT2D eigenvalue weighted by Crippen LogP contribution is -2.36. The van der Waals surface area contributed by atoms with Gasteiger partial charge in [0.1, 0.15) is 12.3 Å². The third kappa shape index (κ3) is 6.45. The van der Waals surface area contributed by atoms with E-state index in [2.05, 4.69) is 15.2 Å². The van der Waals surface area contributed by atoms with Crippen molar-refractivity contribution in [2.75, 3.05) is 37.7 Å². The summed E-state index contributed by atoms with van der Waals surface area (Å²) in [6, 6.07) is 19.8. The van der Waals surface area contributed by atoms with Gasteiger partial charge in [0.25, 0.3) is 5.91 Å². The van der Waals surface area contributed by atoms with Gasteiger partial charge in [0.15, 0.2) is 11.5 Å². The number of anilines is 1. The third-order valence-electron chi connectivity index (χ3n) is 6.34. The second-order valence-electron chi connectivity index (χ2n) is 9.11. The molecule has 0 unspecified atom stereocenters. The molecule has 1 N–H and O–H groups in total. The van der Waals surface area contributed by atoms with E-state index in [1.807, 2.05) is 36.4 Å². The lowest BCUT2D eigenvalue weighted by Gasteiger charge is -2.28. The molecule has 1 aliphatic heterocycles. The van der Waals surface area contributed by atoms with Crippen molar-refractivity contribution in [3.8, 4) is 5.75 Å². The van der Waals surface area contributed by atoms with E-state index < -0.39 is 11.5 Å². The fourth-order valence-electron chi connectivity index (χ4n) is 4.29. The highest BCUT2D eigenvalue weighted by Gasteiger charge is 2.22. The molecule has 2 aromatic carbocycles. The molecule has 0 saturated carbocycles. The number of amides is 1. The Morgan fingerprint density at radius 3 is 2.46 bits per heavy atom. The van der Waals surface area contributed by atoms with Gasteiger partial charge in [0, 0.05) is 30.7 Å². The van der Waals surface area contributed by atoms with E-state index in [0.717, 1.165) is 16.8 Å². The topological polar surface area (TPSA) is 102 Å². The second-order valence-corrected chi connectivity index (χ2v) is 9.54. The van der Waals surface area contributed by atoms with Crippen LogP contribution in [0.25, 0.3) is 5.65 Å². The minimum Gasteiger partial charge on any atom is -0.481 e. The van der Waals surface area contributed by atoms with Crippen LogP contribution in [0.4, 0.5) is 5.69 Å². The molecule has 0 radical (unpaired) electrons. The summed E-state index contributed by atoms with van der Waals surface area (Å²) in [6.07, 6.45) is 1.83. The Kier molecular flexibility index (Phi) is 8.19. The van der Waals surface area contributed by atoms with Crippen molar-refractivity contribution in [1.29, 1.82) is 0 Å². The number of nitrogens with one attached hydrogen (secondary N) is 1. The number of rotatable bonds is 9. The highest BCUT2D eigenvalue weighted by atomic mass is 35.5. The van der Waals surface area contributed by atoms with E-state index in [1.165, 1.54) is 4.40 Å². The van der Waals surface area contributed by atoms with Gasteiger partial charge in [0.2, 0.25) is 5.75 Å².